The first kappa shape index (κ1) is 15.4. The van der Waals surface area contributed by atoms with Crippen LogP contribution in [0, 0.1) is 0 Å². The minimum absolute atomic E-state index is 0.0273. The van der Waals surface area contributed by atoms with Gasteiger partial charge in [-0.1, -0.05) is 6.07 Å². The Labute approximate surface area is 122 Å². The number of β-amino-alcohol motifs (C(OH)–C–C–N with tert-alkyl or cyclic N) is 1. The van der Waals surface area contributed by atoms with Crippen molar-refractivity contribution >= 4 is 23.2 Å². The molecule has 0 saturated carbocycles. The second-order valence-electron chi connectivity index (χ2n) is 4.90. The molecular formula is C14H19N3O4. The summed E-state index contributed by atoms with van der Waals surface area (Å²) in [7, 11) is 1.44. The molecule has 4 N–H and O–H groups in total. The lowest BCUT2D eigenvalue weighted by atomic mass is 10.2. The summed E-state index contributed by atoms with van der Waals surface area (Å²) in [4.78, 5) is 23.4. The topological polar surface area (TPSA) is 99.7 Å². The monoisotopic (exact) mass is 293 g/mol. The van der Waals surface area contributed by atoms with Gasteiger partial charge in [-0.25, -0.2) is 0 Å². The van der Waals surface area contributed by atoms with E-state index < -0.39 is 12.1 Å². The van der Waals surface area contributed by atoms with Crippen molar-refractivity contribution in [1.29, 1.82) is 0 Å². The maximum Gasteiger partial charge on any atom is 0.250 e. The Kier molecular flexibility index (Phi) is 5.26. The Morgan fingerprint density at radius 1 is 1.38 bits per heavy atom. The van der Waals surface area contributed by atoms with Crippen LogP contribution in [0.3, 0.4) is 0 Å². The molecule has 2 atom stereocenters. The lowest BCUT2D eigenvalue weighted by molar-refractivity contribution is -0.119. The van der Waals surface area contributed by atoms with Gasteiger partial charge in [0.25, 0.3) is 0 Å². The molecule has 0 spiro atoms. The summed E-state index contributed by atoms with van der Waals surface area (Å²) in [6, 6.07) is 6.45. The van der Waals surface area contributed by atoms with E-state index in [2.05, 4.69) is 16.0 Å². The molecule has 0 aromatic heterocycles. The standard InChI is InChI=1S/C14H19N3O4/c1-21-8-13(19)16-9-3-2-4-10(5-9)17-14(20)12-6-11(18)7-15-12/h2-5,11-12,15,18H,6-8H2,1H3,(H,16,19)(H,17,20). The van der Waals surface area contributed by atoms with Gasteiger partial charge < -0.3 is 25.8 Å². The second kappa shape index (κ2) is 7.16. The predicted molar refractivity (Wildman–Crippen MR) is 78.0 cm³/mol. The largest absolute Gasteiger partial charge is 0.392 e. The molecule has 1 heterocycles. The van der Waals surface area contributed by atoms with Crippen molar-refractivity contribution in [3.8, 4) is 0 Å². The maximum atomic E-state index is 12.0. The number of hydrogen-bond acceptors (Lipinski definition) is 5. The number of methoxy groups -OCH3 is 1. The fourth-order valence-electron chi connectivity index (χ4n) is 2.15. The smallest absolute Gasteiger partial charge is 0.250 e. The fraction of sp³-hybridized carbons (Fsp3) is 0.429. The maximum absolute atomic E-state index is 12.0. The molecule has 1 fully saturated rings. The second-order valence-corrected chi connectivity index (χ2v) is 4.90. The first-order chi connectivity index (χ1) is 10.1. The summed E-state index contributed by atoms with van der Waals surface area (Å²) in [5, 5.41) is 17.8. The highest BCUT2D eigenvalue weighted by Crippen LogP contribution is 2.16. The van der Waals surface area contributed by atoms with Crippen LogP contribution in [0.5, 0.6) is 0 Å². The molecule has 1 aromatic carbocycles. The fourth-order valence-corrected chi connectivity index (χ4v) is 2.15. The van der Waals surface area contributed by atoms with E-state index in [1.54, 1.807) is 24.3 Å². The lowest BCUT2D eigenvalue weighted by Crippen LogP contribution is -2.35. The SMILES string of the molecule is COCC(=O)Nc1cccc(NC(=O)C2CC(O)CN2)c1. The van der Waals surface area contributed by atoms with Crippen molar-refractivity contribution in [3.05, 3.63) is 24.3 Å². The Hall–Kier alpha value is -1.96. The number of carbonyl (C=O) groups is 2. The number of benzene rings is 1. The molecular weight excluding hydrogens is 274 g/mol. The van der Waals surface area contributed by atoms with Crippen molar-refractivity contribution in [2.45, 2.75) is 18.6 Å². The number of amides is 2. The predicted octanol–water partition coefficient (Wildman–Crippen LogP) is -0.0672. The third kappa shape index (κ3) is 4.52. The van der Waals surface area contributed by atoms with Crippen molar-refractivity contribution < 1.29 is 19.4 Å². The van der Waals surface area contributed by atoms with E-state index in [4.69, 9.17) is 4.74 Å². The third-order valence-electron chi connectivity index (χ3n) is 3.11. The van der Waals surface area contributed by atoms with Gasteiger partial charge in [0.15, 0.2) is 0 Å². The van der Waals surface area contributed by atoms with E-state index >= 15 is 0 Å². The summed E-state index contributed by atoms with van der Waals surface area (Å²) in [6.45, 7) is 0.395. The molecule has 0 bridgehead atoms. The van der Waals surface area contributed by atoms with Crippen LogP contribution >= 0.6 is 0 Å². The highest BCUT2D eigenvalue weighted by atomic mass is 16.5. The summed E-state index contributed by atoms with van der Waals surface area (Å²) in [6.07, 6.45) is -0.0868. The van der Waals surface area contributed by atoms with E-state index in [-0.39, 0.29) is 18.4 Å². The van der Waals surface area contributed by atoms with Crippen LogP contribution in [0.25, 0.3) is 0 Å². The van der Waals surface area contributed by atoms with Crippen LogP contribution in [0.15, 0.2) is 24.3 Å². The molecule has 0 radical (unpaired) electrons. The van der Waals surface area contributed by atoms with Crippen molar-refractivity contribution in [2.24, 2.45) is 0 Å². The number of anilines is 2. The minimum atomic E-state index is -0.486. The van der Waals surface area contributed by atoms with Gasteiger partial charge in [0.05, 0.1) is 12.1 Å². The van der Waals surface area contributed by atoms with Crippen LogP contribution in [0.4, 0.5) is 11.4 Å². The molecule has 1 aliphatic rings. The van der Waals surface area contributed by atoms with Crippen LogP contribution in [0.1, 0.15) is 6.42 Å². The van der Waals surface area contributed by atoms with E-state index in [1.165, 1.54) is 7.11 Å². The molecule has 1 aromatic rings. The zero-order valence-electron chi connectivity index (χ0n) is 11.8. The summed E-state index contributed by atoms with van der Waals surface area (Å²) in [5.74, 6) is -0.464. The Morgan fingerprint density at radius 2 is 2.10 bits per heavy atom. The van der Waals surface area contributed by atoms with Gasteiger partial charge in [0.1, 0.15) is 6.61 Å². The molecule has 2 rings (SSSR count). The average Bonchev–Trinajstić information content (AvgIpc) is 2.86. The normalized spacial score (nSPS) is 21.0. The molecule has 1 saturated heterocycles. The number of rotatable bonds is 5. The highest BCUT2D eigenvalue weighted by molar-refractivity contribution is 5.96. The molecule has 114 valence electrons. The van der Waals surface area contributed by atoms with Gasteiger partial charge in [0.2, 0.25) is 11.8 Å². The summed E-state index contributed by atoms with van der Waals surface area (Å²) < 4.78 is 4.73. The van der Waals surface area contributed by atoms with Crippen LogP contribution in [0.2, 0.25) is 0 Å². The van der Waals surface area contributed by atoms with E-state index in [0.717, 1.165) is 0 Å². The van der Waals surface area contributed by atoms with Gasteiger partial charge in [-0.2, -0.15) is 0 Å². The zero-order chi connectivity index (χ0) is 15.2. The quantitative estimate of drug-likeness (QED) is 0.609. The number of aliphatic hydroxyl groups is 1. The molecule has 0 aliphatic carbocycles. The van der Waals surface area contributed by atoms with Crippen LogP contribution < -0.4 is 16.0 Å². The number of ether oxygens (including phenoxy) is 1. The van der Waals surface area contributed by atoms with Crippen LogP contribution in [-0.4, -0.2) is 49.3 Å². The van der Waals surface area contributed by atoms with E-state index in [0.29, 0.717) is 24.3 Å². The number of nitrogens with one attached hydrogen (secondary N) is 3. The van der Waals surface area contributed by atoms with Gasteiger partial charge in [-0.3, -0.25) is 9.59 Å². The molecule has 1 aliphatic heterocycles. The summed E-state index contributed by atoms with van der Waals surface area (Å²) in [5.41, 5.74) is 1.16. The first-order valence-electron chi connectivity index (χ1n) is 6.69. The van der Waals surface area contributed by atoms with Crippen LogP contribution in [-0.2, 0) is 14.3 Å². The molecule has 2 unspecified atom stereocenters. The molecule has 21 heavy (non-hydrogen) atoms. The summed E-state index contributed by atoms with van der Waals surface area (Å²) >= 11 is 0. The van der Waals surface area contributed by atoms with Crippen molar-refractivity contribution in [3.63, 3.8) is 0 Å². The average molecular weight is 293 g/mol. The zero-order valence-corrected chi connectivity index (χ0v) is 11.8. The highest BCUT2D eigenvalue weighted by Gasteiger charge is 2.27. The molecule has 7 heteroatoms. The lowest BCUT2D eigenvalue weighted by Gasteiger charge is -2.12. The molecule has 2 amide bonds. The van der Waals surface area contributed by atoms with Gasteiger partial charge in [-0.05, 0) is 24.6 Å². The molecule has 7 nitrogen and oxygen atoms in total. The van der Waals surface area contributed by atoms with Gasteiger partial charge >= 0.3 is 0 Å². The van der Waals surface area contributed by atoms with Crippen molar-refractivity contribution in [1.82, 2.24) is 5.32 Å². The van der Waals surface area contributed by atoms with Gasteiger partial charge in [0, 0.05) is 25.0 Å². The number of carbonyl (C=O) groups excluding carboxylic acids is 2. The van der Waals surface area contributed by atoms with E-state index in [1.807, 2.05) is 0 Å². The Morgan fingerprint density at radius 3 is 2.71 bits per heavy atom. The first-order valence-corrected chi connectivity index (χ1v) is 6.69. The van der Waals surface area contributed by atoms with Gasteiger partial charge in [-0.15, -0.1) is 0 Å². The number of aliphatic hydroxyl groups excluding tert-OH is 1. The Balaban J connectivity index is 1.94. The number of hydrogen-bond donors (Lipinski definition) is 4. The third-order valence-corrected chi connectivity index (χ3v) is 3.11. The minimum Gasteiger partial charge on any atom is -0.392 e. The van der Waals surface area contributed by atoms with Crippen molar-refractivity contribution in [2.75, 3.05) is 30.9 Å². The van der Waals surface area contributed by atoms with E-state index in [9.17, 15) is 14.7 Å². The Bertz CT molecular complexity index is 521.